The molecule has 0 aromatic rings. The van der Waals surface area contributed by atoms with E-state index in [1.54, 1.807) is 0 Å². The number of unbranched alkanes of at least 4 members (excludes halogenated alkanes) is 40. The maximum Gasteiger partial charge on any atom is 0.364 e. The summed E-state index contributed by atoms with van der Waals surface area (Å²) < 4.78 is 34.9. The van der Waals surface area contributed by atoms with Gasteiger partial charge in [0.15, 0.2) is 12.6 Å². The summed E-state index contributed by atoms with van der Waals surface area (Å²) in [4.78, 5) is 38.6. The Morgan fingerprint density at radius 3 is 1.30 bits per heavy atom. The number of ether oxygens (including phenoxy) is 6. The van der Waals surface area contributed by atoms with Gasteiger partial charge >= 0.3 is 5.97 Å². The summed E-state index contributed by atoms with van der Waals surface area (Å²) in [6.45, 7) is 2.26. The van der Waals surface area contributed by atoms with E-state index in [-0.39, 0.29) is 18.9 Å². The fraction of sp³-hybridized carbons (Fsp3) is 0.959. The molecule has 18 atom stereocenters. The zero-order valence-electron chi connectivity index (χ0n) is 59.5. The number of nitrogens with one attached hydrogen (secondary N) is 2. The summed E-state index contributed by atoms with van der Waals surface area (Å²) >= 11 is 0. The number of aliphatic hydroxyl groups is 11. The number of hydrogen-bond donors (Lipinski definition) is 14. The molecule has 96 heavy (non-hydrogen) atoms. The van der Waals surface area contributed by atoms with E-state index in [4.69, 9.17) is 28.4 Å². The third kappa shape index (κ3) is 34.6. The Labute approximate surface area is 576 Å². The van der Waals surface area contributed by atoms with Crippen LogP contribution in [0.25, 0.3) is 0 Å². The van der Waals surface area contributed by atoms with Gasteiger partial charge in [0.05, 0.1) is 50.7 Å². The molecule has 566 valence electrons. The quantitative estimate of drug-likeness (QED) is 0.0253. The lowest BCUT2D eigenvalue weighted by Crippen LogP contribution is -2.70. The molecule has 3 saturated heterocycles. The molecule has 2 amide bonds. The fourth-order valence-corrected chi connectivity index (χ4v) is 13.7. The number of carboxylic acid groups (broad SMARTS) is 1. The van der Waals surface area contributed by atoms with Crippen LogP contribution in [0.5, 0.6) is 0 Å². The van der Waals surface area contributed by atoms with Crippen molar-refractivity contribution in [3.05, 3.63) is 0 Å². The van der Waals surface area contributed by atoms with Crippen LogP contribution in [0.1, 0.15) is 310 Å². The third-order valence-corrected chi connectivity index (χ3v) is 19.8. The molecule has 0 radical (unpaired) electrons. The maximum absolute atomic E-state index is 13.5. The van der Waals surface area contributed by atoms with Crippen molar-refractivity contribution in [1.29, 1.82) is 0 Å². The fourth-order valence-electron chi connectivity index (χ4n) is 13.7. The second kappa shape index (κ2) is 53.5. The van der Waals surface area contributed by atoms with E-state index in [0.717, 1.165) is 51.9 Å². The normalized spacial score (nSPS) is 27.5. The van der Waals surface area contributed by atoms with Gasteiger partial charge in [-0.15, -0.1) is 0 Å². The Balaban J connectivity index is 1.54. The first kappa shape index (κ1) is 87.9. The molecule has 0 bridgehead atoms. The summed E-state index contributed by atoms with van der Waals surface area (Å²) in [5.74, 6) is -6.09. The molecule has 0 spiro atoms. The SMILES string of the molecule is CCCCCCCCCCCCCCCCCCCCCCCCCCC(O)C(COC1OC(CO)C(OC2OC(CO)C(O)C(OC3(C(=O)O)CC(O)C(NC(C)=O)C(C(O)C(O)CO)O3)C2O)C(O)C1O)NC(=O)CCCCCCCCCCCCCCCCCCCC. The van der Waals surface area contributed by atoms with Gasteiger partial charge in [-0.3, -0.25) is 9.59 Å². The number of aliphatic hydroxyl groups excluding tert-OH is 11. The van der Waals surface area contributed by atoms with E-state index < -0.39 is 148 Å². The topological polar surface area (TPSA) is 373 Å². The minimum atomic E-state index is -3.08. The second-order valence-electron chi connectivity index (χ2n) is 28.2. The molecule has 0 aromatic heterocycles. The lowest BCUT2D eigenvalue weighted by Gasteiger charge is -2.50. The molecule has 23 heteroatoms. The number of aliphatic carboxylic acids is 1. The minimum absolute atomic E-state index is 0.229. The number of rotatable bonds is 60. The van der Waals surface area contributed by atoms with E-state index in [9.17, 15) is 75.7 Å². The number of amides is 2. The summed E-state index contributed by atoms with van der Waals surface area (Å²) in [5, 5.41) is 136. The molecule has 3 aliphatic rings. The first-order chi connectivity index (χ1) is 46.4. The highest BCUT2D eigenvalue weighted by Crippen LogP contribution is 2.39. The molecular formula is C73H138N2O21. The predicted molar refractivity (Wildman–Crippen MR) is 366 cm³/mol. The van der Waals surface area contributed by atoms with Crippen LogP contribution >= 0.6 is 0 Å². The van der Waals surface area contributed by atoms with Gasteiger partial charge < -0.3 is 100 Å². The highest BCUT2D eigenvalue weighted by Gasteiger charge is 2.60. The van der Waals surface area contributed by atoms with Crippen LogP contribution in [0.15, 0.2) is 0 Å². The van der Waals surface area contributed by atoms with Gasteiger partial charge in [-0.05, 0) is 12.8 Å². The largest absolute Gasteiger partial charge is 0.477 e. The van der Waals surface area contributed by atoms with Crippen molar-refractivity contribution >= 4 is 17.8 Å². The number of carbonyl (C=O) groups excluding carboxylic acids is 2. The molecular weight excluding hydrogens is 1240 g/mol. The lowest BCUT2D eigenvalue weighted by atomic mass is 9.88. The maximum atomic E-state index is 13.5. The van der Waals surface area contributed by atoms with E-state index in [1.165, 1.54) is 212 Å². The molecule has 0 saturated carbocycles. The highest BCUT2D eigenvalue weighted by molar-refractivity contribution is 5.77. The Hall–Kier alpha value is -2.27. The van der Waals surface area contributed by atoms with Crippen LogP contribution in [0.3, 0.4) is 0 Å². The molecule has 0 aromatic carbocycles. The summed E-state index contributed by atoms with van der Waals surface area (Å²) in [7, 11) is 0. The predicted octanol–water partition coefficient (Wildman–Crippen LogP) is 8.85. The molecule has 14 N–H and O–H groups in total. The van der Waals surface area contributed by atoms with Crippen molar-refractivity contribution in [3.63, 3.8) is 0 Å². The summed E-state index contributed by atoms with van der Waals surface area (Å²) in [6.07, 6.45) is 23.8. The third-order valence-electron chi connectivity index (χ3n) is 19.8. The Kier molecular flexibility index (Phi) is 49.0. The average molecular weight is 1380 g/mol. The van der Waals surface area contributed by atoms with Crippen LogP contribution in [0.2, 0.25) is 0 Å². The molecule has 3 rings (SSSR count). The number of hydrogen-bond acceptors (Lipinski definition) is 20. The van der Waals surface area contributed by atoms with Crippen molar-refractivity contribution in [1.82, 2.24) is 10.6 Å². The molecule has 3 fully saturated rings. The van der Waals surface area contributed by atoms with Crippen molar-refractivity contribution in [3.8, 4) is 0 Å². The smallest absolute Gasteiger partial charge is 0.364 e. The van der Waals surface area contributed by atoms with Crippen LogP contribution in [-0.2, 0) is 42.8 Å². The van der Waals surface area contributed by atoms with Crippen molar-refractivity contribution < 1.29 is 104 Å². The second-order valence-corrected chi connectivity index (χ2v) is 28.2. The van der Waals surface area contributed by atoms with Crippen LogP contribution < -0.4 is 10.6 Å². The van der Waals surface area contributed by atoms with E-state index in [2.05, 4.69) is 24.5 Å². The van der Waals surface area contributed by atoms with E-state index in [0.29, 0.717) is 19.3 Å². The van der Waals surface area contributed by atoms with Gasteiger partial charge in [-0.2, -0.15) is 0 Å². The minimum Gasteiger partial charge on any atom is -0.477 e. The Morgan fingerprint density at radius 1 is 0.500 bits per heavy atom. The Morgan fingerprint density at radius 2 is 0.906 bits per heavy atom. The molecule has 18 unspecified atom stereocenters. The monoisotopic (exact) mass is 1380 g/mol. The first-order valence-corrected chi connectivity index (χ1v) is 38.4. The van der Waals surface area contributed by atoms with Gasteiger partial charge in [0.25, 0.3) is 5.79 Å². The van der Waals surface area contributed by atoms with Gasteiger partial charge in [0, 0.05) is 19.8 Å². The molecule has 3 heterocycles. The lowest BCUT2D eigenvalue weighted by molar-refractivity contribution is -0.386. The van der Waals surface area contributed by atoms with Crippen LogP contribution in [0, 0.1) is 0 Å². The van der Waals surface area contributed by atoms with E-state index in [1.807, 2.05) is 0 Å². The van der Waals surface area contributed by atoms with Gasteiger partial charge in [-0.25, -0.2) is 4.79 Å². The van der Waals surface area contributed by atoms with Gasteiger partial charge in [0.1, 0.15) is 67.1 Å². The number of carbonyl (C=O) groups is 3. The van der Waals surface area contributed by atoms with E-state index >= 15 is 0 Å². The molecule has 23 nitrogen and oxygen atoms in total. The van der Waals surface area contributed by atoms with Crippen LogP contribution in [-0.4, -0.2) is 215 Å². The molecule has 3 aliphatic heterocycles. The van der Waals surface area contributed by atoms with Crippen LogP contribution in [0.4, 0.5) is 0 Å². The summed E-state index contributed by atoms with van der Waals surface area (Å²) in [5.41, 5.74) is 0. The standard InChI is InChI=1S/C73H138N2O21/c1-4-6-8-10-12-14-16-18-20-22-24-25-26-27-28-29-30-32-34-36-38-40-42-44-46-55(80)54(75-60(83)47-45-43-41-39-37-35-33-31-23-21-19-17-15-13-11-9-7-5-2)52-91-70-65(87)64(86)67(59(51-78)93-70)94-71-66(88)69(63(85)58(50-77)92-71)96-73(72(89)90)48-56(81)61(74-53(3)79)68(95-73)62(84)57(82)49-76/h54-59,61-71,76-78,80-82,84-88H,4-52H2,1-3H3,(H,74,79)(H,75,83)(H,89,90). The number of carboxylic acids is 1. The zero-order valence-corrected chi connectivity index (χ0v) is 59.5. The van der Waals surface area contributed by atoms with Gasteiger partial charge in [-0.1, -0.05) is 277 Å². The van der Waals surface area contributed by atoms with Crippen molar-refractivity contribution in [2.24, 2.45) is 0 Å². The van der Waals surface area contributed by atoms with Gasteiger partial charge in [0.2, 0.25) is 11.8 Å². The van der Waals surface area contributed by atoms with Crippen molar-refractivity contribution in [2.75, 3.05) is 26.4 Å². The molecule has 0 aliphatic carbocycles. The van der Waals surface area contributed by atoms with Crippen molar-refractivity contribution in [2.45, 2.75) is 420 Å². The summed E-state index contributed by atoms with van der Waals surface area (Å²) in [6, 6.07) is -2.52. The average Bonchev–Trinajstić information content (AvgIpc) is 0.758. The Bertz CT molecular complexity index is 1930. The highest BCUT2D eigenvalue weighted by atomic mass is 16.8. The first-order valence-electron chi connectivity index (χ1n) is 38.4. The zero-order chi connectivity index (χ0) is 70.4.